The third kappa shape index (κ3) is 4.01. The number of rotatable bonds is 6. The standard InChI is InChI=1S/C13H17BrClN5/c1-3-6-16-12(8-13-17-19-20(2)18-13)10-7-9(15)4-5-11(10)14/h4-5,7,12,16H,3,6,8H2,1-2H3. The summed E-state index contributed by atoms with van der Waals surface area (Å²) in [6.45, 7) is 3.06. The van der Waals surface area contributed by atoms with Gasteiger partial charge in [-0.3, -0.25) is 0 Å². The number of benzene rings is 1. The summed E-state index contributed by atoms with van der Waals surface area (Å²) in [5, 5.41) is 16.4. The van der Waals surface area contributed by atoms with Crippen molar-refractivity contribution in [1.29, 1.82) is 0 Å². The summed E-state index contributed by atoms with van der Waals surface area (Å²) in [5.41, 5.74) is 1.11. The van der Waals surface area contributed by atoms with Crippen molar-refractivity contribution in [3.8, 4) is 0 Å². The van der Waals surface area contributed by atoms with E-state index in [0.29, 0.717) is 12.2 Å². The Labute approximate surface area is 131 Å². The zero-order chi connectivity index (χ0) is 14.5. The lowest BCUT2D eigenvalue weighted by molar-refractivity contribution is 0.515. The Morgan fingerprint density at radius 1 is 1.45 bits per heavy atom. The summed E-state index contributed by atoms with van der Waals surface area (Å²) in [5.74, 6) is 0.716. The molecule has 1 aromatic heterocycles. The molecule has 2 aromatic rings. The number of aromatic nitrogens is 4. The van der Waals surface area contributed by atoms with Crippen LogP contribution in [0.3, 0.4) is 0 Å². The van der Waals surface area contributed by atoms with Crippen LogP contribution in [0.25, 0.3) is 0 Å². The van der Waals surface area contributed by atoms with E-state index in [1.54, 1.807) is 7.05 Å². The van der Waals surface area contributed by atoms with Gasteiger partial charge in [0.2, 0.25) is 0 Å². The van der Waals surface area contributed by atoms with Crippen LogP contribution in [0, 0.1) is 0 Å². The maximum Gasteiger partial charge on any atom is 0.176 e. The first kappa shape index (κ1) is 15.4. The highest BCUT2D eigenvalue weighted by atomic mass is 79.9. The maximum atomic E-state index is 6.11. The van der Waals surface area contributed by atoms with Gasteiger partial charge in [0.1, 0.15) is 0 Å². The topological polar surface area (TPSA) is 55.6 Å². The van der Waals surface area contributed by atoms with Gasteiger partial charge in [-0.2, -0.15) is 4.80 Å². The summed E-state index contributed by atoms with van der Waals surface area (Å²) in [6, 6.07) is 5.90. The Balaban J connectivity index is 2.24. The molecule has 108 valence electrons. The van der Waals surface area contributed by atoms with E-state index < -0.39 is 0 Å². The van der Waals surface area contributed by atoms with Gasteiger partial charge in [0, 0.05) is 22.0 Å². The van der Waals surface area contributed by atoms with Gasteiger partial charge in [-0.15, -0.1) is 10.2 Å². The molecule has 1 aromatic carbocycles. The molecule has 1 atom stereocenters. The summed E-state index contributed by atoms with van der Waals surface area (Å²) in [6.07, 6.45) is 1.73. The van der Waals surface area contributed by atoms with Crippen molar-refractivity contribution in [2.45, 2.75) is 25.8 Å². The van der Waals surface area contributed by atoms with E-state index in [0.717, 1.165) is 28.0 Å². The first-order valence-electron chi connectivity index (χ1n) is 6.51. The molecule has 0 fully saturated rings. The van der Waals surface area contributed by atoms with Crippen molar-refractivity contribution in [1.82, 2.24) is 25.5 Å². The molecule has 1 heterocycles. The van der Waals surface area contributed by atoms with Crippen molar-refractivity contribution in [2.24, 2.45) is 7.05 Å². The quantitative estimate of drug-likeness (QED) is 0.862. The molecule has 0 aliphatic heterocycles. The lowest BCUT2D eigenvalue weighted by Gasteiger charge is -2.19. The van der Waals surface area contributed by atoms with Gasteiger partial charge in [-0.05, 0) is 41.9 Å². The van der Waals surface area contributed by atoms with Crippen LogP contribution in [-0.2, 0) is 13.5 Å². The Kier molecular flexibility index (Phi) is 5.51. The average molecular weight is 359 g/mol. The highest BCUT2D eigenvalue weighted by Gasteiger charge is 2.17. The predicted molar refractivity (Wildman–Crippen MR) is 82.7 cm³/mol. The molecule has 20 heavy (non-hydrogen) atoms. The van der Waals surface area contributed by atoms with Crippen LogP contribution in [-0.4, -0.2) is 26.8 Å². The number of tetrazole rings is 1. The van der Waals surface area contributed by atoms with E-state index in [1.165, 1.54) is 4.80 Å². The normalized spacial score (nSPS) is 12.6. The highest BCUT2D eigenvalue weighted by Crippen LogP contribution is 2.28. The number of hydrogen-bond donors (Lipinski definition) is 1. The van der Waals surface area contributed by atoms with Gasteiger partial charge in [-0.25, -0.2) is 0 Å². The molecule has 0 saturated carbocycles. The van der Waals surface area contributed by atoms with Gasteiger partial charge in [-0.1, -0.05) is 34.5 Å². The van der Waals surface area contributed by atoms with E-state index in [1.807, 2.05) is 18.2 Å². The van der Waals surface area contributed by atoms with Crippen LogP contribution < -0.4 is 5.32 Å². The minimum atomic E-state index is 0.104. The third-order valence-electron chi connectivity index (χ3n) is 2.91. The van der Waals surface area contributed by atoms with Gasteiger partial charge in [0.05, 0.1) is 7.05 Å². The first-order chi connectivity index (χ1) is 9.60. The Bertz CT molecular complexity index is 572. The number of hydrogen-bond acceptors (Lipinski definition) is 4. The Morgan fingerprint density at radius 3 is 2.90 bits per heavy atom. The van der Waals surface area contributed by atoms with E-state index in [9.17, 15) is 0 Å². The summed E-state index contributed by atoms with van der Waals surface area (Å²) < 4.78 is 1.03. The second kappa shape index (κ2) is 7.15. The number of nitrogens with one attached hydrogen (secondary N) is 1. The molecule has 7 heteroatoms. The Hall–Kier alpha value is -0.980. The summed E-state index contributed by atoms with van der Waals surface area (Å²) in [7, 11) is 1.76. The fraction of sp³-hybridized carbons (Fsp3) is 0.462. The number of nitrogens with zero attached hydrogens (tertiary/aromatic N) is 4. The van der Waals surface area contributed by atoms with Crippen molar-refractivity contribution >= 4 is 27.5 Å². The van der Waals surface area contributed by atoms with E-state index >= 15 is 0 Å². The predicted octanol–water partition coefficient (Wildman–Crippen LogP) is 2.91. The molecule has 0 saturated heterocycles. The zero-order valence-electron chi connectivity index (χ0n) is 11.5. The SMILES string of the molecule is CCCNC(Cc1nnn(C)n1)c1cc(Cl)ccc1Br. The highest BCUT2D eigenvalue weighted by molar-refractivity contribution is 9.10. The van der Waals surface area contributed by atoms with Crippen LogP contribution in [0.4, 0.5) is 0 Å². The van der Waals surface area contributed by atoms with Crippen LogP contribution in [0.15, 0.2) is 22.7 Å². The van der Waals surface area contributed by atoms with Gasteiger partial charge in [0.15, 0.2) is 5.82 Å². The van der Waals surface area contributed by atoms with Gasteiger partial charge in [0.25, 0.3) is 0 Å². The van der Waals surface area contributed by atoms with Crippen LogP contribution in [0.5, 0.6) is 0 Å². The minimum absolute atomic E-state index is 0.104. The van der Waals surface area contributed by atoms with Crippen LogP contribution in [0.1, 0.15) is 30.8 Å². The molecule has 5 nitrogen and oxygen atoms in total. The lowest BCUT2D eigenvalue weighted by Crippen LogP contribution is -2.25. The first-order valence-corrected chi connectivity index (χ1v) is 7.68. The molecule has 0 aliphatic carbocycles. The zero-order valence-corrected chi connectivity index (χ0v) is 13.8. The molecule has 0 radical (unpaired) electrons. The van der Waals surface area contributed by atoms with Crippen molar-refractivity contribution in [3.63, 3.8) is 0 Å². The fourth-order valence-electron chi connectivity index (χ4n) is 1.98. The van der Waals surface area contributed by atoms with Crippen LogP contribution >= 0.6 is 27.5 Å². The largest absolute Gasteiger partial charge is 0.310 e. The second-order valence-corrected chi connectivity index (χ2v) is 5.86. The maximum absolute atomic E-state index is 6.11. The van der Waals surface area contributed by atoms with Gasteiger partial charge >= 0.3 is 0 Å². The molecule has 0 spiro atoms. The molecular weight excluding hydrogens is 342 g/mol. The average Bonchev–Trinajstić information content (AvgIpc) is 2.83. The molecule has 2 rings (SSSR count). The molecule has 0 amide bonds. The summed E-state index contributed by atoms with van der Waals surface area (Å²) >= 11 is 9.69. The van der Waals surface area contributed by atoms with Gasteiger partial charge < -0.3 is 5.32 Å². The smallest absolute Gasteiger partial charge is 0.176 e. The van der Waals surface area contributed by atoms with Crippen LogP contribution in [0.2, 0.25) is 5.02 Å². The van der Waals surface area contributed by atoms with Crippen molar-refractivity contribution in [2.75, 3.05) is 6.54 Å². The number of halogens is 2. The van der Waals surface area contributed by atoms with E-state index in [4.69, 9.17) is 11.6 Å². The summed E-state index contributed by atoms with van der Waals surface area (Å²) in [4.78, 5) is 1.47. The third-order valence-corrected chi connectivity index (χ3v) is 3.87. The molecule has 1 unspecified atom stereocenters. The number of aryl methyl sites for hydroxylation is 1. The second-order valence-electron chi connectivity index (χ2n) is 4.57. The molecule has 0 bridgehead atoms. The monoisotopic (exact) mass is 357 g/mol. The lowest BCUT2D eigenvalue weighted by atomic mass is 10.0. The minimum Gasteiger partial charge on any atom is -0.310 e. The fourth-order valence-corrected chi connectivity index (χ4v) is 2.68. The molecular formula is C13H17BrClN5. The Morgan fingerprint density at radius 2 is 2.25 bits per heavy atom. The molecule has 1 N–H and O–H groups in total. The van der Waals surface area contributed by atoms with E-state index in [-0.39, 0.29) is 6.04 Å². The molecule has 0 aliphatic rings. The van der Waals surface area contributed by atoms with E-state index in [2.05, 4.69) is 43.6 Å². The van der Waals surface area contributed by atoms with Crippen molar-refractivity contribution in [3.05, 3.63) is 39.1 Å². The van der Waals surface area contributed by atoms with Crippen molar-refractivity contribution < 1.29 is 0 Å².